The molecule has 0 bridgehead atoms. The van der Waals surface area contributed by atoms with Gasteiger partial charge in [0.25, 0.3) is 0 Å². The molecule has 1 heterocycles. The summed E-state index contributed by atoms with van der Waals surface area (Å²) in [6, 6.07) is 11.1. The molecule has 3 N–H and O–H groups in total. The SMILES string of the molecule is CCC(CC)c1cccc2nc(Cl)n(CC(=O)O)c12.Nc1ccc(Cl)cc1Br. The number of imidazole rings is 1. The zero-order valence-corrected chi connectivity index (χ0v) is 18.7. The van der Waals surface area contributed by atoms with E-state index in [0.717, 1.165) is 33.9 Å². The second kappa shape index (κ2) is 10.1. The number of nitrogens with two attached hydrogens (primary N) is 1. The molecule has 2 aromatic carbocycles. The van der Waals surface area contributed by atoms with Crippen LogP contribution < -0.4 is 5.73 Å². The third-order valence-corrected chi connectivity index (χ3v) is 5.64. The first-order chi connectivity index (χ1) is 13.3. The molecule has 3 rings (SSSR count). The van der Waals surface area contributed by atoms with E-state index in [1.54, 1.807) is 22.8 Å². The number of rotatable bonds is 5. The first kappa shape index (κ1) is 22.5. The van der Waals surface area contributed by atoms with Crippen molar-refractivity contribution >= 4 is 61.8 Å². The molecule has 0 unspecified atom stereocenters. The fourth-order valence-corrected chi connectivity index (χ4v) is 3.94. The number of aromatic nitrogens is 2. The van der Waals surface area contributed by atoms with Gasteiger partial charge in [-0.2, -0.15) is 0 Å². The van der Waals surface area contributed by atoms with Gasteiger partial charge in [-0.05, 0) is 76.1 Å². The Labute approximate surface area is 182 Å². The van der Waals surface area contributed by atoms with E-state index in [1.807, 2.05) is 18.2 Å². The average Bonchev–Trinajstić information content (AvgIpc) is 2.96. The molecule has 0 aliphatic heterocycles. The van der Waals surface area contributed by atoms with E-state index in [9.17, 15) is 4.79 Å². The molecule has 0 saturated carbocycles. The van der Waals surface area contributed by atoms with Crippen molar-refractivity contribution in [1.29, 1.82) is 0 Å². The van der Waals surface area contributed by atoms with E-state index < -0.39 is 5.97 Å². The number of carboxylic acids is 1. The van der Waals surface area contributed by atoms with Gasteiger partial charge in [0.05, 0.1) is 11.0 Å². The van der Waals surface area contributed by atoms with E-state index in [2.05, 4.69) is 34.8 Å². The van der Waals surface area contributed by atoms with Gasteiger partial charge >= 0.3 is 5.97 Å². The molecule has 0 aliphatic rings. The van der Waals surface area contributed by atoms with Crippen LogP contribution in [-0.4, -0.2) is 20.6 Å². The third kappa shape index (κ3) is 5.40. The largest absolute Gasteiger partial charge is 0.480 e. The second-order valence-electron chi connectivity index (χ2n) is 6.25. The Morgan fingerprint density at radius 3 is 2.46 bits per heavy atom. The van der Waals surface area contributed by atoms with Crippen LogP contribution in [0.3, 0.4) is 0 Å². The van der Waals surface area contributed by atoms with Crippen LogP contribution in [0.1, 0.15) is 38.2 Å². The first-order valence-corrected chi connectivity index (χ1v) is 10.4. The predicted molar refractivity (Wildman–Crippen MR) is 119 cm³/mol. The number of hydrogen-bond donors (Lipinski definition) is 2. The molecule has 0 radical (unpaired) electrons. The van der Waals surface area contributed by atoms with Crippen LogP contribution in [0.2, 0.25) is 10.3 Å². The minimum Gasteiger partial charge on any atom is -0.480 e. The molecule has 150 valence electrons. The quantitative estimate of drug-likeness (QED) is 0.411. The van der Waals surface area contributed by atoms with Crippen molar-refractivity contribution in [2.75, 3.05) is 5.73 Å². The van der Waals surface area contributed by atoms with Crippen LogP contribution in [0.15, 0.2) is 40.9 Å². The summed E-state index contributed by atoms with van der Waals surface area (Å²) in [5, 5.41) is 9.93. The van der Waals surface area contributed by atoms with E-state index in [-0.39, 0.29) is 11.8 Å². The fraction of sp³-hybridized carbons (Fsp3) is 0.300. The molecule has 0 fully saturated rings. The van der Waals surface area contributed by atoms with Crippen molar-refractivity contribution in [2.45, 2.75) is 39.2 Å². The summed E-state index contributed by atoms with van der Waals surface area (Å²) in [5.74, 6) is -0.524. The molecule has 0 saturated heterocycles. The molecule has 28 heavy (non-hydrogen) atoms. The van der Waals surface area contributed by atoms with Crippen molar-refractivity contribution in [3.8, 4) is 0 Å². The maximum Gasteiger partial charge on any atom is 0.323 e. The van der Waals surface area contributed by atoms with Crippen LogP contribution in [0, 0.1) is 0 Å². The molecule has 0 aliphatic carbocycles. The van der Waals surface area contributed by atoms with E-state index in [1.165, 1.54) is 0 Å². The molecular weight excluding hydrogens is 465 g/mol. The van der Waals surface area contributed by atoms with E-state index in [4.69, 9.17) is 34.0 Å². The van der Waals surface area contributed by atoms with Gasteiger partial charge in [-0.15, -0.1) is 0 Å². The van der Waals surface area contributed by atoms with Crippen molar-refractivity contribution in [1.82, 2.24) is 9.55 Å². The number of carbonyl (C=O) groups is 1. The summed E-state index contributed by atoms with van der Waals surface area (Å²) in [5.41, 5.74) is 8.93. The Hall–Kier alpha value is -1.76. The van der Waals surface area contributed by atoms with Crippen LogP contribution >= 0.6 is 39.1 Å². The third-order valence-electron chi connectivity index (χ3n) is 4.43. The average molecular weight is 487 g/mol. The Morgan fingerprint density at radius 1 is 1.25 bits per heavy atom. The number of halogens is 3. The number of hydrogen-bond acceptors (Lipinski definition) is 3. The molecule has 5 nitrogen and oxygen atoms in total. The minimum absolute atomic E-state index is 0.160. The Bertz CT molecular complexity index is 971. The van der Waals surface area contributed by atoms with Gasteiger partial charge in [-0.1, -0.05) is 37.6 Å². The topological polar surface area (TPSA) is 81.1 Å². The Kier molecular flexibility index (Phi) is 8.16. The smallest absolute Gasteiger partial charge is 0.323 e. The molecule has 1 aromatic heterocycles. The Balaban J connectivity index is 0.000000261. The van der Waals surface area contributed by atoms with Gasteiger partial charge in [0, 0.05) is 15.2 Å². The van der Waals surface area contributed by atoms with Gasteiger partial charge in [0.1, 0.15) is 6.54 Å². The van der Waals surface area contributed by atoms with Crippen LogP contribution in [-0.2, 0) is 11.3 Å². The van der Waals surface area contributed by atoms with E-state index >= 15 is 0 Å². The standard InChI is InChI=1S/C14H17ClN2O2.C6H5BrClN/c1-3-9(4-2)10-6-5-7-11-13(10)17(8-12(18)19)14(15)16-11;7-5-3-4(8)1-2-6(5)9/h5-7,9H,3-4,8H2,1-2H3,(H,18,19);1-3H,9H2. The lowest BCUT2D eigenvalue weighted by Gasteiger charge is -2.15. The lowest BCUT2D eigenvalue weighted by Crippen LogP contribution is -2.10. The van der Waals surface area contributed by atoms with Crippen LogP contribution in [0.4, 0.5) is 5.69 Å². The number of para-hydroxylation sites is 1. The zero-order chi connectivity index (χ0) is 20.8. The van der Waals surface area contributed by atoms with Crippen LogP contribution in [0.5, 0.6) is 0 Å². The van der Waals surface area contributed by atoms with Crippen molar-refractivity contribution in [2.24, 2.45) is 0 Å². The summed E-state index contributed by atoms with van der Waals surface area (Å²) in [4.78, 5) is 15.2. The lowest BCUT2D eigenvalue weighted by atomic mass is 9.93. The first-order valence-electron chi connectivity index (χ1n) is 8.85. The molecule has 8 heteroatoms. The van der Waals surface area contributed by atoms with Crippen molar-refractivity contribution < 1.29 is 9.90 Å². The number of anilines is 1. The van der Waals surface area contributed by atoms with Crippen molar-refractivity contribution in [3.05, 3.63) is 56.7 Å². The number of nitrogen functional groups attached to an aromatic ring is 1. The second-order valence-corrected chi connectivity index (χ2v) is 7.88. The summed E-state index contributed by atoms with van der Waals surface area (Å²) >= 11 is 14.9. The van der Waals surface area contributed by atoms with Gasteiger partial charge in [0.15, 0.2) is 0 Å². The highest BCUT2D eigenvalue weighted by Gasteiger charge is 2.18. The lowest BCUT2D eigenvalue weighted by molar-refractivity contribution is -0.137. The number of benzene rings is 2. The van der Waals surface area contributed by atoms with Gasteiger partial charge in [-0.25, -0.2) is 4.98 Å². The van der Waals surface area contributed by atoms with E-state index in [0.29, 0.717) is 16.6 Å². The molecular formula is C20H22BrCl2N3O2. The number of aliphatic carboxylic acids is 1. The molecule has 0 atom stereocenters. The number of nitrogens with zero attached hydrogens (tertiary/aromatic N) is 2. The molecule has 3 aromatic rings. The summed E-state index contributed by atoms with van der Waals surface area (Å²) in [6.07, 6.45) is 2.01. The van der Waals surface area contributed by atoms with Gasteiger partial charge in [-0.3, -0.25) is 4.79 Å². The summed E-state index contributed by atoms with van der Waals surface area (Å²) < 4.78 is 2.42. The molecule has 0 spiro atoms. The van der Waals surface area contributed by atoms with Crippen molar-refractivity contribution in [3.63, 3.8) is 0 Å². The monoisotopic (exact) mass is 485 g/mol. The number of fused-ring (bicyclic) bond motifs is 1. The highest BCUT2D eigenvalue weighted by atomic mass is 79.9. The highest BCUT2D eigenvalue weighted by Crippen LogP contribution is 2.31. The normalized spacial score (nSPS) is 10.8. The maximum atomic E-state index is 11.0. The van der Waals surface area contributed by atoms with Crippen LogP contribution in [0.25, 0.3) is 11.0 Å². The minimum atomic E-state index is -0.916. The van der Waals surface area contributed by atoms with Gasteiger partial charge < -0.3 is 15.4 Å². The predicted octanol–water partition coefficient (Wildman–Crippen LogP) is 6.36. The Morgan fingerprint density at radius 2 is 1.93 bits per heavy atom. The summed E-state index contributed by atoms with van der Waals surface area (Å²) in [7, 11) is 0. The fourth-order valence-electron chi connectivity index (χ4n) is 3.02. The highest BCUT2D eigenvalue weighted by molar-refractivity contribution is 9.10. The summed E-state index contributed by atoms with van der Waals surface area (Å²) in [6.45, 7) is 4.10. The maximum absolute atomic E-state index is 11.0. The molecule has 0 amide bonds. The number of carboxylic acid groups (broad SMARTS) is 1. The zero-order valence-electron chi connectivity index (χ0n) is 15.6. The van der Waals surface area contributed by atoms with Gasteiger partial charge in [0.2, 0.25) is 5.28 Å².